The molecule has 0 saturated carbocycles. The predicted octanol–water partition coefficient (Wildman–Crippen LogP) is 1.69. The number of rotatable bonds is 2. The van der Waals surface area contributed by atoms with Gasteiger partial charge in [-0.25, -0.2) is 4.98 Å². The van der Waals surface area contributed by atoms with E-state index in [1.807, 2.05) is 5.51 Å². The smallest absolute Gasteiger partial charge is 0.0794 e. The molecule has 0 unspecified atom stereocenters. The average Bonchev–Trinajstić information content (AvgIpc) is 2.59. The summed E-state index contributed by atoms with van der Waals surface area (Å²) in [7, 11) is 0. The van der Waals surface area contributed by atoms with Crippen molar-refractivity contribution >= 4 is 11.3 Å². The normalized spacial score (nSPS) is 24.2. The SMILES string of the molecule is c1nc(C[C@H]2CCCNC2)cs1. The van der Waals surface area contributed by atoms with Gasteiger partial charge in [0, 0.05) is 5.38 Å². The number of aromatic nitrogens is 1. The lowest BCUT2D eigenvalue weighted by atomic mass is 9.95. The quantitative estimate of drug-likeness (QED) is 0.753. The molecule has 1 N–H and O–H groups in total. The van der Waals surface area contributed by atoms with Crippen LogP contribution < -0.4 is 5.32 Å². The van der Waals surface area contributed by atoms with E-state index < -0.39 is 0 Å². The molecule has 1 aromatic heterocycles. The first-order chi connectivity index (χ1) is 5.95. The van der Waals surface area contributed by atoms with E-state index in [0.717, 1.165) is 12.3 Å². The highest BCUT2D eigenvalue weighted by Gasteiger charge is 2.13. The van der Waals surface area contributed by atoms with Gasteiger partial charge in [-0.05, 0) is 38.3 Å². The Morgan fingerprint density at radius 2 is 2.67 bits per heavy atom. The molecule has 2 heterocycles. The standard InChI is InChI=1S/C9H14N2S/c1-2-8(5-10-3-1)4-9-6-12-7-11-9/h6-8,10H,1-5H2/t8-/m1/s1. The van der Waals surface area contributed by atoms with Crippen molar-refractivity contribution in [3.8, 4) is 0 Å². The zero-order chi connectivity index (χ0) is 8.23. The number of thiazole rings is 1. The molecule has 2 rings (SSSR count). The number of hydrogen-bond acceptors (Lipinski definition) is 3. The third-order valence-corrected chi connectivity index (χ3v) is 3.02. The second-order valence-electron chi connectivity index (χ2n) is 3.40. The van der Waals surface area contributed by atoms with Crippen molar-refractivity contribution in [1.82, 2.24) is 10.3 Å². The Morgan fingerprint density at radius 1 is 1.67 bits per heavy atom. The summed E-state index contributed by atoms with van der Waals surface area (Å²) in [5.41, 5.74) is 3.19. The molecule has 0 aliphatic carbocycles. The first-order valence-corrected chi connectivity index (χ1v) is 5.47. The van der Waals surface area contributed by atoms with Gasteiger partial charge in [0.25, 0.3) is 0 Å². The molecule has 0 aromatic carbocycles. The van der Waals surface area contributed by atoms with Crippen molar-refractivity contribution < 1.29 is 0 Å². The van der Waals surface area contributed by atoms with E-state index in [-0.39, 0.29) is 0 Å². The Kier molecular flexibility index (Phi) is 2.74. The van der Waals surface area contributed by atoms with Crippen LogP contribution >= 0.6 is 11.3 Å². The van der Waals surface area contributed by atoms with E-state index in [0.29, 0.717) is 0 Å². The van der Waals surface area contributed by atoms with Gasteiger partial charge in [-0.15, -0.1) is 11.3 Å². The minimum absolute atomic E-state index is 0.820. The highest BCUT2D eigenvalue weighted by atomic mass is 32.1. The Bertz CT molecular complexity index is 214. The van der Waals surface area contributed by atoms with Crippen molar-refractivity contribution in [2.75, 3.05) is 13.1 Å². The lowest BCUT2D eigenvalue weighted by Gasteiger charge is -2.21. The van der Waals surface area contributed by atoms with Gasteiger partial charge in [0.1, 0.15) is 0 Å². The molecule has 0 spiro atoms. The summed E-state index contributed by atoms with van der Waals surface area (Å²) in [5, 5.41) is 5.58. The topological polar surface area (TPSA) is 24.9 Å². The van der Waals surface area contributed by atoms with Crippen LogP contribution in [0.5, 0.6) is 0 Å². The zero-order valence-corrected chi connectivity index (χ0v) is 7.94. The lowest BCUT2D eigenvalue weighted by Crippen LogP contribution is -2.30. The van der Waals surface area contributed by atoms with Gasteiger partial charge < -0.3 is 5.32 Å². The maximum Gasteiger partial charge on any atom is 0.0794 e. The molecule has 1 aromatic rings. The van der Waals surface area contributed by atoms with Gasteiger partial charge in [-0.2, -0.15) is 0 Å². The maximum absolute atomic E-state index is 4.30. The molecule has 1 saturated heterocycles. The van der Waals surface area contributed by atoms with Crippen LogP contribution in [0.2, 0.25) is 0 Å². The van der Waals surface area contributed by atoms with Crippen LogP contribution in [0.4, 0.5) is 0 Å². The van der Waals surface area contributed by atoms with Gasteiger partial charge in [0.15, 0.2) is 0 Å². The van der Waals surface area contributed by atoms with E-state index in [2.05, 4.69) is 15.7 Å². The average molecular weight is 182 g/mol. The molecular weight excluding hydrogens is 168 g/mol. The Hall–Kier alpha value is -0.410. The number of nitrogens with zero attached hydrogens (tertiary/aromatic N) is 1. The number of hydrogen-bond donors (Lipinski definition) is 1. The number of nitrogens with one attached hydrogen (secondary N) is 1. The van der Waals surface area contributed by atoms with Crippen molar-refractivity contribution in [3.63, 3.8) is 0 Å². The van der Waals surface area contributed by atoms with Crippen LogP contribution in [-0.2, 0) is 6.42 Å². The molecule has 2 nitrogen and oxygen atoms in total. The van der Waals surface area contributed by atoms with Gasteiger partial charge in [0.2, 0.25) is 0 Å². The Balaban J connectivity index is 1.86. The minimum Gasteiger partial charge on any atom is -0.316 e. The van der Waals surface area contributed by atoms with E-state index in [4.69, 9.17) is 0 Å². The van der Waals surface area contributed by atoms with Crippen molar-refractivity contribution in [2.45, 2.75) is 19.3 Å². The summed E-state index contributed by atoms with van der Waals surface area (Å²) >= 11 is 1.70. The molecular formula is C9H14N2S. The van der Waals surface area contributed by atoms with Crippen molar-refractivity contribution in [1.29, 1.82) is 0 Å². The van der Waals surface area contributed by atoms with Crippen LogP contribution in [0.1, 0.15) is 18.5 Å². The predicted molar refractivity (Wildman–Crippen MR) is 51.4 cm³/mol. The summed E-state index contributed by atoms with van der Waals surface area (Å²) in [6, 6.07) is 0. The van der Waals surface area contributed by atoms with E-state index in [9.17, 15) is 0 Å². The van der Waals surface area contributed by atoms with Crippen LogP contribution in [-0.4, -0.2) is 18.1 Å². The number of piperidine rings is 1. The molecule has 1 aliphatic heterocycles. The van der Waals surface area contributed by atoms with E-state index in [1.54, 1.807) is 11.3 Å². The molecule has 66 valence electrons. The second-order valence-corrected chi connectivity index (χ2v) is 4.11. The van der Waals surface area contributed by atoms with Crippen LogP contribution in [0.3, 0.4) is 0 Å². The summed E-state index contributed by atoms with van der Waals surface area (Å²) < 4.78 is 0. The van der Waals surface area contributed by atoms with Crippen LogP contribution in [0.25, 0.3) is 0 Å². The minimum atomic E-state index is 0.820. The van der Waals surface area contributed by atoms with Gasteiger partial charge >= 0.3 is 0 Å². The fourth-order valence-corrected chi connectivity index (χ4v) is 2.30. The Morgan fingerprint density at radius 3 is 3.33 bits per heavy atom. The summed E-state index contributed by atoms with van der Waals surface area (Å²) in [6.45, 7) is 2.38. The first kappa shape index (κ1) is 8.20. The van der Waals surface area contributed by atoms with E-state index >= 15 is 0 Å². The third-order valence-electron chi connectivity index (χ3n) is 2.38. The Labute approximate surface area is 77.0 Å². The van der Waals surface area contributed by atoms with Gasteiger partial charge in [0.05, 0.1) is 11.2 Å². The summed E-state index contributed by atoms with van der Waals surface area (Å²) in [6.07, 6.45) is 3.86. The fourth-order valence-electron chi connectivity index (χ4n) is 1.73. The monoisotopic (exact) mass is 182 g/mol. The van der Waals surface area contributed by atoms with Gasteiger partial charge in [-0.1, -0.05) is 0 Å². The summed E-state index contributed by atoms with van der Waals surface area (Å²) in [5.74, 6) is 0.820. The van der Waals surface area contributed by atoms with Crippen LogP contribution in [0, 0.1) is 5.92 Å². The fraction of sp³-hybridized carbons (Fsp3) is 0.667. The third kappa shape index (κ3) is 2.05. The van der Waals surface area contributed by atoms with Crippen LogP contribution in [0.15, 0.2) is 10.9 Å². The lowest BCUT2D eigenvalue weighted by molar-refractivity contribution is 0.374. The maximum atomic E-state index is 4.30. The molecule has 0 amide bonds. The molecule has 1 aliphatic rings. The van der Waals surface area contributed by atoms with Gasteiger partial charge in [-0.3, -0.25) is 0 Å². The molecule has 0 bridgehead atoms. The first-order valence-electron chi connectivity index (χ1n) is 4.53. The van der Waals surface area contributed by atoms with E-state index in [1.165, 1.54) is 31.6 Å². The molecule has 3 heteroatoms. The molecule has 1 fully saturated rings. The molecule has 12 heavy (non-hydrogen) atoms. The van der Waals surface area contributed by atoms with Crippen molar-refractivity contribution in [2.24, 2.45) is 5.92 Å². The second kappa shape index (κ2) is 4.01. The largest absolute Gasteiger partial charge is 0.316 e. The zero-order valence-electron chi connectivity index (χ0n) is 7.12. The highest BCUT2D eigenvalue weighted by Crippen LogP contribution is 2.15. The highest BCUT2D eigenvalue weighted by molar-refractivity contribution is 7.07. The molecule has 1 atom stereocenters. The van der Waals surface area contributed by atoms with Crippen molar-refractivity contribution in [3.05, 3.63) is 16.6 Å². The summed E-state index contributed by atoms with van der Waals surface area (Å²) in [4.78, 5) is 4.30. The molecule has 0 radical (unpaired) electrons.